The van der Waals surface area contributed by atoms with Crippen molar-refractivity contribution < 1.29 is 13.9 Å². The van der Waals surface area contributed by atoms with Gasteiger partial charge in [0.15, 0.2) is 5.03 Å². The van der Waals surface area contributed by atoms with Crippen LogP contribution in [-0.4, -0.2) is 20.5 Å². The Kier molecular flexibility index (Phi) is 5.87. The zero-order chi connectivity index (χ0) is 11.9. The zero-order valence-corrected chi connectivity index (χ0v) is 9.36. The summed E-state index contributed by atoms with van der Waals surface area (Å²) in [5.41, 5.74) is 0.408. The second kappa shape index (κ2) is 6.36. The van der Waals surface area contributed by atoms with E-state index in [0.29, 0.717) is 12.1 Å². The molecular weight excluding hydrogens is 218 g/mol. The average molecular weight is 233 g/mol. The maximum absolute atomic E-state index is 10.1. The van der Waals surface area contributed by atoms with Gasteiger partial charge in [-0.15, -0.1) is 0 Å². The lowest BCUT2D eigenvalue weighted by Crippen LogP contribution is -2.10. The highest BCUT2D eigenvalue weighted by molar-refractivity contribution is 8.22. The lowest BCUT2D eigenvalue weighted by atomic mass is 10.4. The van der Waals surface area contributed by atoms with E-state index in [2.05, 4.69) is 10.3 Å². The van der Waals surface area contributed by atoms with Gasteiger partial charge in [0.2, 0.25) is 6.41 Å². The van der Waals surface area contributed by atoms with E-state index in [9.17, 15) is 4.79 Å². The van der Waals surface area contributed by atoms with E-state index in [1.54, 1.807) is 0 Å². The summed E-state index contributed by atoms with van der Waals surface area (Å²) in [7, 11) is -3.31. The van der Waals surface area contributed by atoms with Crippen LogP contribution in [0.15, 0.2) is 23.4 Å². The number of nitrogens with two attached hydrogens (primary N) is 1. The van der Waals surface area contributed by atoms with E-state index in [1.807, 2.05) is 13.8 Å². The maximum Gasteiger partial charge on any atom is 0.211 e. The Morgan fingerprint density at radius 1 is 1.53 bits per heavy atom. The van der Waals surface area contributed by atoms with Crippen molar-refractivity contribution in [2.75, 3.05) is 5.32 Å². The number of rotatable bonds is 3. The summed E-state index contributed by atoms with van der Waals surface area (Å²) < 4.78 is 18.0. The van der Waals surface area contributed by atoms with Gasteiger partial charge in [-0.3, -0.25) is 13.9 Å². The molecule has 1 aromatic rings. The largest absolute Gasteiger partial charge is 0.329 e. The van der Waals surface area contributed by atoms with Crippen LogP contribution in [0.2, 0.25) is 0 Å². The van der Waals surface area contributed by atoms with Crippen molar-refractivity contribution in [2.24, 2.45) is 5.14 Å². The minimum Gasteiger partial charge on any atom is -0.329 e. The zero-order valence-electron chi connectivity index (χ0n) is 8.54. The Balaban J connectivity index is 0.000000921. The molecule has 0 spiro atoms. The molecule has 1 heterocycles. The number of hydrogen-bond acceptors (Lipinski definition) is 5. The van der Waals surface area contributed by atoms with Gasteiger partial charge in [-0.25, -0.2) is 10.1 Å². The number of anilines is 1. The summed E-state index contributed by atoms with van der Waals surface area (Å²) in [5, 5.41) is 7.32. The first-order valence-corrected chi connectivity index (χ1v) is 5.87. The summed E-state index contributed by atoms with van der Waals surface area (Å²) in [6.07, 6.45) is 1.80. The minimum atomic E-state index is -3.31. The molecular formula is C8H15N3O3S. The number of hydrogen-bond donors (Lipinski definition) is 4. The van der Waals surface area contributed by atoms with Crippen LogP contribution in [0.5, 0.6) is 0 Å². The minimum absolute atomic E-state index is 0.0562. The van der Waals surface area contributed by atoms with Gasteiger partial charge in [0.05, 0.1) is 0 Å². The van der Waals surface area contributed by atoms with E-state index in [-0.39, 0.29) is 5.03 Å². The van der Waals surface area contributed by atoms with Gasteiger partial charge in [-0.1, -0.05) is 24.6 Å². The summed E-state index contributed by atoms with van der Waals surface area (Å²) in [4.78, 5) is 13.7. The van der Waals surface area contributed by atoms with Gasteiger partial charge >= 0.3 is 0 Å². The van der Waals surface area contributed by atoms with Gasteiger partial charge < -0.3 is 5.32 Å². The number of carbonyl (C=O) groups excluding carboxylic acids is 1. The van der Waals surface area contributed by atoms with Crippen LogP contribution < -0.4 is 10.5 Å². The highest BCUT2D eigenvalue weighted by Crippen LogP contribution is 2.38. The molecule has 1 amide bonds. The van der Waals surface area contributed by atoms with Crippen LogP contribution in [0.4, 0.5) is 5.69 Å². The molecule has 5 N–H and O–H groups in total. The third-order valence-corrected chi connectivity index (χ3v) is 2.11. The number of nitrogens with zero attached hydrogens (tertiary/aromatic N) is 1. The fourth-order valence-corrected chi connectivity index (χ4v) is 1.25. The van der Waals surface area contributed by atoms with Gasteiger partial charge in [0, 0.05) is 18.0 Å². The Morgan fingerprint density at radius 2 is 2.13 bits per heavy atom. The second-order valence-corrected chi connectivity index (χ2v) is 3.84. The van der Waals surface area contributed by atoms with Gasteiger partial charge in [0.25, 0.3) is 0 Å². The predicted molar refractivity (Wildman–Crippen MR) is 60.6 cm³/mol. The first-order chi connectivity index (χ1) is 7.04. The van der Waals surface area contributed by atoms with Crippen molar-refractivity contribution in [1.29, 1.82) is 0 Å². The molecule has 0 aliphatic heterocycles. The van der Waals surface area contributed by atoms with Crippen LogP contribution in [-0.2, 0) is 4.79 Å². The molecule has 6 nitrogen and oxygen atoms in total. The van der Waals surface area contributed by atoms with E-state index in [4.69, 9.17) is 14.2 Å². The molecule has 0 saturated carbocycles. The molecule has 0 bridgehead atoms. The molecule has 0 atom stereocenters. The summed E-state index contributed by atoms with van der Waals surface area (Å²) in [6.45, 7) is 4.00. The third kappa shape index (κ3) is 4.75. The van der Waals surface area contributed by atoms with Gasteiger partial charge in [0.1, 0.15) is 0 Å². The standard InChI is InChI=1S/C6H9N3O3S.C2H6/c7-13(11,12)6-3-5(9-4-10)1-2-8-6;1-2/h1-4,11-12H,7H2,(H,8,9,10);1-2H3. The van der Waals surface area contributed by atoms with Crippen molar-refractivity contribution >= 4 is 22.9 Å². The van der Waals surface area contributed by atoms with Crippen molar-refractivity contribution in [3.05, 3.63) is 18.3 Å². The molecule has 15 heavy (non-hydrogen) atoms. The molecule has 86 valence electrons. The highest BCUT2D eigenvalue weighted by Gasteiger charge is 2.10. The molecule has 0 aliphatic carbocycles. The van der Waals surface area contributed by atoms with E-state index in [0.717, 1.165) is 0 Å². The molecule has 7 heteroatoms. The molecule has 0 radical (unpaired) electrons. The monoisotopic (exact) mass is 233 g/mol. The molecule has 0 aliphatic rings. The van der Waals surface area contributed by atoms with Crippen LogP contribution >= 0.6 is 10.8 Å². The number of amides is 1. The summed E-state index contributed by atoms with van der Waals surface area (Å²) in [6, 6.07) is 2.80. The number of carbonyl (C=O) groups is 1. The highest BCUT2D eigenvalue weighted by atomic mass is 32.3. The quantitative estimate of drug-likeness (QED) is 0.594. The molecule has 0 fully saturated rings. The van der Waals surface area contributed by atoms with E-state index in [1.165, 1.54) is 18.3 Å². The van der Waals surface area contributed by atoms with Crippen LogP contribution in [0.3, 0.4) is 0 Å². The second-order valence-electron chi connectivity index (χ2n) is 2.24. The molecule has 0 unspecified atom stereocenters. The first-order valence-electron chi connectivity index (χ1n) is 4.26. The topological polar surface area (TPSA) is 108 Å². The van der Waals surface area contributed by atoms with Crippen LogP contribution in [0.1, 0.15) is 13.8 Å². The SMILES string of the molecule is CC.NS(O)(O)c1cc(NC=O)ccn1. The normalized spacial score (nSPS) is 11.0. The van der Waals surface area contributed by atoms with Crippen molar-refractivity contribution in [3.63, 3.8) is 0 Å². The lowest BCUT2D eigenvalue weighted by Gasteiger charge is -2.24. The van der Waals surface area contributed by atoms with Crippen molar-refractivity contribution in [2.45, 2.75) is 18.9 Å². The van der Waals surface area contributed by atoms with Crippen LogP contribution in [0.25, 0.3) is 0 Å². The smallest absolute Gasteiger partial charge is 0.211 e. The molecule has 0 aromatic carbocycles. The summed E-state index contributed by atoms with van der Waals surface area (Å²) in [5.74, 6) is 0. The van der Waals surface area contributed by atoms with Crippen LogP contribution in [0, 0.1) is 0 Å². The Morgan fingerprint density at radius 3 is 2.60 bits per heavy atom. The number of nitrogens with one attached hydrogen (secondary N) is 1. The first kappa shape index (κ1) is 13.8. The fraction of sp³-hybridized carbons (Fsp3) is 0.250. The molecule has 0 saturated heterocycles. The maximum atomic E-state index is 10.1. The van der Waals surface area contributed by atoms with E-state index < -0.39 is 10.8 Å². The number of pyridine rings is 1. The Bertz CT molecular complexity index is 314. The van der Waals surface area contributed by atoms with E-state index >= 15 is 0 Å². The predicted octanol–water partition coefficient (Wildman–Crippen LogP) is 1.66. The molecule has 1 rings (SSSR count). The number of aromatic nitrogens is 1. The fourth-order valence-electron chi connectivity index (χ4n) is 0.732. The molecule has 1 aromatic heterocycles. The van der Waals surface area contributed by atoms with Crippen molar-refractivity contribution in [1.82, 2.24) is 4.98 Å². The van der Waals surface area contributed by atoms with Gasteiger partial charge in [-0.2, -0.15) is 0 Å². The lowest BCUT2D eigenvalue weighted by molar-refractivity contribution is -0.105. The van der Waals surface area contributed by atoms with Gasteiger partial charge in [-0.05, 0) is 6.07 Å². The van der Waals surface area contributed by atoms with Crippen molar-refractivity contribution in [3.8, 4) is 0 Å². The Hall–Kier alpha value is -1.15. The average Bonchev–Trinajstić information content (AvgIpc) is 2.21. The Labute approximate surface area is 90.0 Å². The summed E-state index contributed by atoms with van der Waals surface area (Å²) >= 11 is 0. The third-order valence-electron chi connectivity index (χ3n) is 1.27.